The summed E-state index contributed by atoms with van der Waals surface area (Å²) in [4.78, 5) is 17.4. The number of halogens is 3. The Labute approximate surface area is 180 Å². The molecule has 1 aliphatic heterocycles. The SMILES string of the molecule is CCN1CCN(c2ccc(NC(=O)c3cc(Cl)cc(Cl)c3OC)cc2Cl)CC1. The Morgan fingerprint density at radius 2 is 1.79 bits per heavy atom. The molecule has 1 N–H and O–H groups in total. The van der Waals surface area contributed by atoms with Gasteiger partial charge in [0, 0.05) is 36.9 Å². The molecule has 0 spiro atoms. The number of benzene rings is 2. The van der Waals surface area contributed by atoms with Crippen molar-refractivity contribution in [1.82, 2.24) is 4.90 Å². The maximum absolute atomic E-state index is 12.7. The van der Waals surface area contributed by atoms with Gasteiger partial charge in [-0.1, -0.05) is 41.7 Å². The number of nitrogens with zero attached hydrogens (tertiary/aromatic N) is 2. The first-order valence-electron chi connectivity index (χ1n) is 9.04. The van der Waals surface area contributed by atoms with Gasteiger partial charge in [-0.25, -0.2) is 0 Å². The zero-order valence-corrected chi connectivity index (χ0v) is 18.0. The number of piperazine rings is 1. The molecule has 1 aliphatic rings. The molecule has 0 bridgehead atoms. The first kappa shape index (κ1) is 21.1. The molecule has 2 aromatic carbocycles. The Hall–Kier alpha value is -1.66. The van der Waals surface area contributed by atoms with Crippen LogP contribution in [0.5, 0.6) is 5.75 Å². The molecule has 5 nitrogen and oxygen atoms in total. The van der Waals surface area contributed by atoms with E-state index in [9.17, 15) is 4.79 Å². The molecule has 28 heavy (non-hydrogen) atoms. The summed E-state index contributed by atoms with van der Waals surface area (Å²) in [6, 6.07) is 8.57. The Morgan fingerprint density at radius 1 is 1.07 bits per heavy atom. The monoisotopic (exact) mass is 441 g/mol. The molecule has 3 rings (SSSR count). The van der Waals surface area contributed by atoms with Crippen LogP contribution in [0, 0.1) is 0 Å². The zero-order chi connectivity index (χ0) is 20.3. The second kappa shape index (κ2) is 9.23. The van der Waals surface area contributed by atoms with Crippen LogP contribution in [0.25, 0.3) is 0 Å². The predicted molar refractivity (Wildman–Crippen MR) is 117 cm³/mol. The first-order chi connectivity index (χ1) is 13.4. The molecule has 1 heterocycles. The summed E-state index contributed by atoms with van der Waals surface area (Å²) in [6.07, 6.45) is 0. The van der Waals surface area contributed by atoms with Crippen molar-refractivity contribution in [2.45, 2.75) is 6.92 Å². The lowest BCUT2D eigenvalue weighted by Gasteiger charge is -2.36. The Bertz CT molecular complexity index is 868. The highest BCUT2D eigenvalue weighted by atomic mass is 35.5. The van der Waals surface area contributed by atoms with Gasteiger partial charge in [0.05, 0.1) is 28.4 Å². The summed E-state index contributed by atoms with van der Waals surface area (Å²) in [5, 5.41) is 4.06. The van der Waals surface area contributed by atoms with E-state index in [-0.39, 0.29) is 22.2 Å². The molecule has 0 atom stereocenters. The van der Waals surface area contributed by atoms with Gasteiger partial charge in [-0.3, -0.25) is 4.79 Å². The second-order valence-corrected chi connectivity index (χ2v) is 7.76. The van der Waals surface area contributed by atoms with Crippen LogP contribution < -0.4 is 15.0 Å². The summed E-state index contributed by atoms with van der Waals surface area (Å²) in [6.45, 7) is 7.11. The maximum Gasteiger partial charge on any atom is 0.259 e. The highest BCUT2D eigenvalue weighted by Crippen LogP contribution is 2.34. The predicted octanol–water partition coefficient (Wildman–Crippen LogP) is 5.05. The van der Waals surface area contributed by atoms with Crippen LogP contribution in [-0.4, -0.2) is 50.6 Å². The van der Waals surface area contributed by atoms with E-state index >= 15 is 0 Å². The minimum absolute atomic E-state index is 0.260. The lowest BCUT2D eigenvalue weighted by molar-refractivity contribution is 0.102. The quantitative estimate of drug-likeness (QED) is 0.704. The molecule has 1 saturated heterocycles. The van der Waals surface area contributed by atoms with Gasteiger partial charge >= 0.3 is 0 Å². The summed E-state index contributed by atoms with van der Waals surface area (Å²) in [5.74, 6) is -0.0956. The van der Waals surface area contributed by atoms with Crippen molar-refractivity contribution in [1.29, 1.82) is 0 Å². The smallest absolute Gasteiger partial charge is 0.259 e. The molecular formula is C20H22Cl3N3O2. The van der Waals surface area contributed by atoms with Crippen LogP contribution >= 0.6 is 34.8 Å². The van der Waals surface area contributed by atoms with Crippen molar-refractivity contribution >= 4 is 52.1 Å². The summed E-state index contributed by atoms with van der Waals surface area (Å²) >= 11 is 18.6. The van der Waals surface area contributed by atoms with Gasteiger partial charge in [0.2, 0.25) is 0 Å². The molecular weight excluding hydrogens is 421 g/mol. The molecule has 1 fully saturated rings. The zero-order valence-electron chi connectivity index (χ0n) is 15.8. The largest absolute Gasteiger partial charge is 0.494 e. The van der Waals surface area contributed by atoms with Crippen molar-refractivity contribution in [3.63, 3.8) is 0 Å². The van der Waals surface area contributed by atoms with Crippen molar-refractivity contribution in [3.05, 3.63) is 51.0 Å². The maximum atomic E-state index is 12.7. The van der Waals surface area contributed by atoms with Crippen molar-refractivity contribution in [2.75, 3.05) is 50.1 Å². The van der Waals surface area contributed by atoms with Crippen molar-refractivity contribution in [2.24, 2.45) is 0 Å². The standard InChI is InChI=1S/C20H22Cl3N3O2/c1-3-25-6-8-26(9-7-25)18-5-4-14(12-16(18)22)24-20(27)15-10-13(21)11-17(23)19(15)28-2/h4-5,10-12H,3,6-9H2,1-2H3,(H,24,27). The number of rotatable bonds is 5. The van der Waals surface area contributed by atoms with E-state index in [1.807, 2.05) is 12.1 Å². The third-order valence-corrected chi connectivity index (χ3v) is 5.62. The number of ether oxygens (including phenoxy) is 1. The van der Waals surface area contributed by atoms with Gasteiger partial charge < -0.3 is 19.9 Å². The number of hydrogen-bond acceptors (Lipinski definition) is 4. The number of carbonyl (C=O) groups excluding carboxylic acids is 1. The van der Waals surface area contributed by atoms with Crippen LogP contribution in [0.1, 0.15) is 17.3 Å². The first-order valence-corrected chi connectivity index (χ1v) is 10.2. The highest BCUT2D eigenvalue weighted by molar-refractivity contribution is 6.36. The number of carbonyl (C=O) groups is 1. The van der Waals surface area contributed by atoms with Crippen molar-refractivity contribution < 1.29 is 9.53 Å². The van der Waals surface area contributed by atoms with E-state index in [1.54, 1.807) is 6.07 Å². The van der Waals surface area contributed by atoms with E-state index in [0.717, 1.165) is 38.4 Å². The van der Waals surface area contributed by atoms with Gasteiger partial charge in [-0.15, -0.1) is 0 Å². The molecule has 0 saturated carbocycles. The van der Waals surface area contributed by atoms with E-state index < -0.39 is 0 Å². The fourth-order valence-corrected chi connectivity index (χ4v) is 4.15. The topological polar surface area (TPSA) is 44.8 Å². The Kier molecular flexibility index (Phi) is 6.94. The van der Waals surface area contributed by atoms with Crippen LogP contribution in [0.15, 0.2) is 30.3 Å². The molecule has 2 aromatic rings. The fourth-order valence-electron chi connectivity index (χ4n) is 3.28. The summed E-state index contributed by atoms with van der Waals surface area (Å²) < 4.78 is 5.24. The number of hydrogen-bond donors (Lipinski definition) is 1. The minimum atomic E-state index is -0.373. The number of amides is 1. The third-order valence-electron chi connectivity index (χ3n) is 4.82. The molecule has 0 radical (unpaired) electrons. The second-order valence-electron chi connectivity index (χ2n) is 6.51. The van der Waals surface area contributed by atoms with Gasteiger partial charge in [-0.2, -0.15) is 0 Å². The molecule has 0 unspecified atom stereocenters. The van der Waals surface area contributed by atoms with Crippen LogP contribution in [0.4, 0.5) is 11.4 Å². The highest BCUT2D eigenvalue weighted by Gasteiger charge is 2.20. The van der Waals surface area contributed by atoms with Crippen LogP contribution in [-0.2, 0) is 0 Å². The molecule has 1 amide bonds. The molecule has 8 heteroatoms. The minimum Gasteiger partial charge on any atom is -0.494 e. The lowest BCUT2D eigenvalue weighted by Crippen LogP contribution is -2.46. The third kappa shape index (κ3) is 4.66. The number of methoxy groups -OCH3 is 1. The number of anilines is 2. The molecule has 0 aromatic heterocycles. The van der Waals surface area contributed by atoms with Crippen LogP contribution in [0.2, 0.25) is 15.1 Å². The van der Waals surface area contributed by atoms with E-state index in [1.165, 1.54) is 19.2 Å². The van der Waals surface area contributed by atoms with Crippen molar-refractivity contribution in [3.8, 4) is 5.75 Å². The van der Waals surface area contributed by atoms with Gasteiger partial charge in [0.25, 0.3) is 5.91 Å². The Balaban J connectivity index is 1.76. The fraction of sp³-hybridized carbons (Fsp3) is 0.350. The summed E-state index contributed by atoms with van der Waals surface area (Å²) in [5.41, 5.74) is 1.82. The average Bonchev–Trinajstić information content (AvgIpc) is 2.67. The normalized spacial score (nSPS) is 14.8. The van der Waals surface area contributed by atoms with Crippen LogP contribution in [0.3, 0.4) is 0 Å². The molecule has 150 valence electrons. The number of nitrogens with one attached hydrogen (secondary N) is 1. The van der Waals surface area contributed by atoms with Gasteiger partial charge in [0.1, 0.15) is 5.75 Å². The van der Waals surface area contributed by atoms with Gasteiger partial charge in [-0.05, 0) is 36.9 Å². The Morgan fingerprint density at radius 3 is 2.39 bits per heavy atom. The average molecular weight is 443 g/mol. The van der Waals surface area contributed by atoms with E-state index in [0.29, 0.717) is 15.7 Å². The van der Waals surface area contributed by atoms with E-state index in [4.69, 9.17) is 39.5 Å². The number of likely N-dealkylation sites (N-methyl/N-ethyl adjacent to an activating group) is 1. The summed E-state index contributed by atoms with van der Waals surface area (Å²) in [7, 11) is 1.45. The van der Waals surface area contributed by atoms with E-state index in [2.05, 4.69) is 22.0 Å². The lowest BCUT2D eigenvalue weighted by atomic mass is 10.1. The molecule has 0 aliphatic carbocycles. The van der Waals surface area contributed by atoms with Gasteiger partial charge in [0.15, 0.2) is 0 Å².